The molecule has 0 aliphatic carbocycles. The van der Waals surface area contributed by atoms with Crippen molar-refractivity contribution in [3.63, 3.8) is 0 Å². The van der Waals surface area contributed by atoms with Crippen LogP contribution in [0, 0.1) is 0 Å². The van der Waals surface area contributed by atoms with Gasteiger partial charge in [-0.15, -0.1) is 0 Å². The van der Waals surface area contributed by atoms with Crippen LogP contribution in [-0.2, 0) is 17.0 Å². The quantitative estimate of drug-likeness (QED) is 0.454. The van der Waals surface area contributed by atoms with E-state index in [1.54, 1.807) is 24.3 Å². The summed E-state index contributed by atoms with van der Waals surface area (Å²) in [5, 5.41) is 11.1. The van der Waals surface area contributed by atoms with Crippen LogP contribution in [0.5, 0.6) is 5.75 Å². The Morgan fingerprint density at radius 3 is 1.90 bits per heavy atom. The summed E-state index contributed by atoms with van der Waals surface area (Å²) in [4.78, 5) is 4.62. The minimum absolute atomic E-state index is 0.147. The van der Waals surface area contributed by atoms with Crippen molar-refractivity contribution in [2.75, 3.05) is 0 Å². The molecule has 1 aromatic heterocycles. The number of aromatic hydroxyl groups is 1. The van der Waals surface area contributed by atoms with E-state index in [4.69, 9.17) is 0 Å². The fraction of sp³-hybridized carbons (Fsp3) is 0.346. The number of phenolic OH excluding ortho intramolecular Hbond substituents is 1. The third-order valence-electron chi connectivity index (χ3n) is 5.29. The van der Waals surface area contributed by atoms with E-state index in [1.165, 1.54) is 6.07 Å². The summed E-state index contributed by atoms with van der Waals surface area (Å²) in [5.41, 5.74) is 2.58. The van der Waals surface area contributed by atoms with Crippen molar-refractivity contribution < 1.29 is 18.3 Å². The minimum atomic E-state index is -4.42. The fourth-order valence-electron chi connectivity index (χ4n) is 3.43. The van der Waals surface area contributed by atoms with Crippen molar-refractivity contribution in [1.82, 2.24) is 4.98 Å². The second kappa shape index (κ2) is 7.70. The van der Waals surface area contributed by atoms with Gasteiger partial charge in [0.1, 0.15) is 5.75 Å². The predicted octanol–water partition coefficient (Wildman–Crippen LogP) is 7.74. The maximum atomic E-state index is 13.1. The lowest BCUT2D eigenvalue weighted by Gasteiger charge is -2.27. The van der Waals surface area contributed by atoms with E-state index in [0.29, 0.717) is 22.5 Å². The number of rotatable bonds is 2. The molecule has 2 nitrogen and oxygen atoms in total. The minimum Gasteiger partial charge on any atom is -0.507 e. The smallest absolute Gasteiger partial charge is 0.416 e. The number of alkyl halides is 3. The van der Waals surface area contributed by atoms with Gasteiger partial charge in [0.2, 0.25) is 0 Å². The number of benzene rings is 2. The maximum absolute atomic E-state index is 13.1. The summed E-state index contributed by atoms with van der Waals surface area (Å²) in [7, 11) is 0. The van der Waals surface area contributed by atoms with Gasteiger partial charge in [-0.05, 0) is 46.7 Å². The normalized spacial score (nSPS) is 12.8. The van der Waals surface area contributed by atoms with Crippen molar-refractivity contribution >= 4 is 0 Å². The number of phenols is 1. The van der Waals surface area contributed by atoms with E-state index in [2.05, 4.69) is 25.8 Å². The van der Waals surface area contributed by atoms with Gasteiger partial charge in [-0.3, -0.25) is 0 Å². The highest BCUT2D eigenvalue weighted by molar-refractivity contribution is 5.73. The molecule has 0 unspecified atom stereocenters. The second-order valence-corrected chi connectivity index (χ2v) is 9.91. The Morgan fingerprint density at radius 1 is 0.710 bits per heavy atom. The van der Waals surface area contributed by atoms with Gasteiger partial charge in [0.15, 0.2) is 0 Å². The topological polar surface area (TPSA) is 33.1 Å². The van der Waals surface area contributed by atoms with Crippen LogP contribution in [0.1, 0.15) is 58.2 Å². The molecule has 0 saturated heterocycles. The fourth-order valence-corrected chi connectivity index (χ4v) is 3.43. The first-order valence-corrected chi connectivity index (χ1v) is 10.2. The van der Waals surface area contributed by atoms with E-state index < -0.39 is 11.7 Å². The van der Waals surface area contributed by atoms with E-state index in [9.17, 15) is 18.3 Å². The van der Waals surface area contributed by atoms with Crippen LogP contribution in [0.4, 0.5) is 13.2 Å². The highest BCUT2D eigenvalue weighted by Gasteiger charge is 2.30. The average Bonchev–Trinajstić information content (AvgIpc) is 2.66. The highest BCUT2D eigenvalue weighted by Crippen LogP contribution is 2.42. The Morgan fingerprint density at radius 2 is 1.32 bits per heavy atom. The zero-order valence-electron chi connectivity index (χ0n) is 18.7. The summed E-state index contributed by atoms with van der Waals surface area (Å²) >= 11 is 0. The molecule has 0 radical (unpaired) electrons. The number of nitrogens with zero attached hydrogens (tertiary/aromatic N) is 1. The molecule has 0 aliphatic rings. The molecule has 2 aromatic carbocycles. The van der Waals surface area contributed by atoms with E-state index in [0.717, 1.165) is 23.3 Å². The molecule has 164 valence electrons. The molecular weight excluding hydrogens is 399 g/mol. The molecule has 3 aromatic rings. The number of hydrogen-bond acceptors (Lipinski definition) is 2. The van der Waals surface area contributed by atoms with Crippen molar-refractivity contribution in [3.05, 3.63) is 71.3 Å². The zero-order valence-corrected chi connectivity index (χ0v) is 18.7. The molecule has 0 atom stereocenters. The Balaban J connectivity index is 2.19. The molecule has 3 rings (SSSR count). The first-order chi connectivity index (χ1) is 14.2. The molecule has 0 fully saturated rings. The number of aromatic nitrogens is 1. The molecule has 5 heteroatoms. The van der Waals surface area contributed by atoms with E-state index >= 15 is 0 Å². The Labute approximate surface area is 181 Å². The summed E-state index contributed by atoms with van der Waals surface area (Å²) in [6.07, 6.45) is -4.42. The molecular formula is C26H28F3NO. The van der Waals surface area contributed by atoms with Crippen molar-refractivity contribution in [1.29, 1.82) is 0 Å². The molecule has 0 aliphatic heterocycles. The van der Waals surface area contributed by atoms with E-state index in [1.807, 2.05) is 32.9 Å². The molecule has 1 N–H and O–H groups in total. The number of halogens is 3. The van der Waals surface area contributed by atoms with Crippen LogP contribution >= 0.6 is 0 Å². The molecule has 31 heavy (non-hydrogen) atoms. The van der Waals surface area contributed by atoms with Gasteiger partial charge in [0.05, 0.1) is 17.0 Å². The van der Waals surface area contributed by atoms with Crippen molar-refractivity contribution in [2.24, 2.45) is 0 Å². The molecule has 0 saturated carbocycles. The van der Waals surface area contributed by atoms with Crippen LogP contribution in [0.2, 0.25) is 0 Å². The molecule has 0 spiro atoms. The lowest BCUT2D eigenvalue weighted by molar-refractivity contribution is -0.137. The SMILES string of the molecule is CC(C)(C)c1cc(-c2cccc(-c3cccc(C(F)(F)F)c3)n2)c(O)c(C(C)(C)C)c1. The first-order valence-electron chi connectivity index (χ1n) is 10.2. The van der Waals surface area contributed by atoms with Crippen LogP contribution in [0.25, 0.3) is 22.5 Å². The van der Waals surface area contributed by atoms with Crippen LogP contribution in [0.15, 0.2) is 54.6 Å². The van der Waals surface area contributed by atoms with Gasteiger partial charge < -0.3 is 5.11 Å². The zero-order chi connectivity index (χ0) is 23.2. The monoisotopic (exact) mass is 427 g/mol. The lowest BCUT2D eigenvalue weighted by Crippen LogP contribution is -2.17. The average molecular weight is 428 g/mol. The summed E-state index contributed by atoms with van der Waals surface area (Å²) < 4.78 is 39.4. The largest absolute Gasteiger partial charge is 0.507 e. The third kappa shape index (κ3) is 4.92. The van der Waals surface area contributed by atoms with Crippen LogP contribution in [-0.4, -0.2) is 10.1 Å². The van der Waals surface area contributed by atoms with Crippen LogP contribution in [0.3, 0.4) is 0 Å². The summed E-state index contributed by atoms with van der Waals surface area (Å²) in [6, 6.07) is 14.3. The first kappa shape index (κ1) is 22.9. The third-order valence-corrected chi connectivity index (χ3v) is 5.29. The summed E-state index contributed by atoms with van der Waals surface area (Å²) in [6.45, 7) is 12.4. The second-order valence-electron chi connectivity index (χ2n) is 9.91. The van der Waals surface area contributed by atoms with Gasteiger partial charge in [0, 0.05) is 16.7 Å². The van der Waals surface area contributed by atoms with Gasteiger partial charge in [0.25, 0.3) is 0 Å². The Kier molecular flexibility index (Phi) is 5.68. The van der Waals surface area contributed by atoms with Gasteiger partial charge in [-0.2, -0.15) is 13.2 Å². The Hall–Kier alpha value is -2.82. The number of pyridine rings is 1. The van der Waals surface area contributed by atoms with Gasteiger partial charge >= 0.3 is 6.18 Å². The van der Waals surface area contributed by atoms with E-state index in [-0.39, 0.29) is 16.6 Å². The van der Waals surface area contributed by atoms with Gasteiger partial charge in [-0.1, -0.05) is 65.8 Å². The molecule has 1 heterocycles. The van der Waals surface area contributed by atoms with Crippen molar-refractivity contribution in [3.8, 4) is 28.3 Å². The molecule has 0 bridgehead atoms. The van der Waals surface area contributed by atoms with Gasteiger partial charge in [-0.25, -0.2) is 4.98 Å². The Bertz CT molecular complexity index is 1100. The number of hydrogen-bond donors (Lipinski definition) is 1. The molecule has 0 amide bonds. The predicted molar refractivity (Wildman–Crippen MR) is 119 cm³/mol. The highest BCUT2D eigenvalue weighted by atomic mass is 19.4. The summed E-state index contributed by atoms with van der Waals surface area (Å²) in [5.74, 6) is 0.147. The maximum Gasteiger partial charge on any atom is 0.416 e. The van der Waals surface area contributed by atoms with Crippen LogP contribution < -0.4 is 0 Å². The standard InChI is InChI=1S/C26H28F3NO/c1-24(2,3)18-14-19(23(31)20(15-18)25(4,5)6)22-12-8-11-21(30-22)16-9-7-10-17(13-16)26(27,28)29/h7-15,31H,1-6H3. The lowest BCUT2D eigenvalue weighted by atomic mass is 9.78. The van der Waals surface area contributed by atoms with Crippen molar-refractivity contribution in [2.45, 2.75) is 58.5 Å².